The third-order valence-electron chi connectivity index (χ3n) is 1.22. The number of aliphatic imine (C=N–C) groups is 2. The van der Waals surface area contributed by atoms with Gasteiger partial charge in [-0.05, 0) is 6.92 Å². The average molecular weight is 140 g/mol. The molecule has 0 saturated heterocycles. The Kier molecular flexibility index (Phi) is 1.89. The minimum Gasteiger partial charge on any atom is -0.349 e. The van der Waals surface area contributed by atoms with Crippen molar-refractivity contribution in [1.82, 2.24) is 10.2 Å². The zero-order valence-electron chi connectivity index (χ0n) is 6.50. The van der Waals surface area contributed by atoms with Gasteiger partial charge < -0.3 is 10.2 Å². The highest BCUT2D eigenvalue weighted by molar-refractivity contribution is 5.91. The molecule has 1 heterocycles. The molecular formula is C6H12N4. The van der Waals surface area contributed by atoms with Crippen molar-refractivity contribution in [3.8, 4) is 0 Å². The maximum atomic E-state index is 4.22. The van der Waals surface area contributed by atoms with Crippen LogP contribution in [0.15, 0.2) is 9.98 Å². The fraction of sp³-hybridized carbons (Fsp3) is 0.667. The van der Waals surface area contributed by atoms with E-state index in [2.05, 4.69) is 15.3 Å². The summed E-state index contributed by atoms with van der Waals surface area (Å²) in [6.07, 6.45) is 1.73. The van der Waals surface area contributed by atoms with Gasteiger partial charge in [0.2, 0.25) is 5.96 Å². The second-order valence-corrected chi connectivity index (χ2v) is 2.40. The van der Waals surface area contributed by atoms with Crippen molar-refractivity contribution < 1.29 is 0 Å². The first-order chi connectivity index (χ1) is 4.70. The summed E-state index contributed by atoms with van der Waals surface area (Å²) in [7, 11) is 3.88. The van der Waals surface area contributed by atoms with Gasteiger partial charge in [0.15, 0.2) is 0 Å². The van der Waals surface area contributed by atoms with Gasteiger partial charge >= 0.3 is 0 Å². The number of guanidine groups is 1. The van der Waals surface area contributed by atoms with E-state index in [4.69, 9.17) is 0 Å². The molecule has 0 amide bonds. The molecule has 1 unspecified atom stereocenters. The molecule has 1 aliphatic rings. The van der Waals surface area contributed by atoms with Crippen molar-refractivity contribution in [2.45, 2.75) is 13.1 Å². The first kappa shape index (κ1) is 7.05. The lowest BCUT2D eigenvalue weighted by molar-refractivity contribution is 0.585. The van der Waals surface area contributed by atoms with E-state index in [0.29, 0.717) is 0 Å². The van der Waals surface area contributed by atoms with E-state index >= 15 is 0 Å². The smallest absolute Gasteiger partial charge is 0.200 e. The monoisotopic (exact) mass is 140 g/mol. The Morgan fingerprint density at radius 3 is 2.70 bits per heavy atom. The van der Waals surface area contributed by atoms with Gasteiger partial charge in [0.25, 0.3) is 0 Å². The molecular weight excluding hydrogens is 128 g/mol. The van der Waals surface area contributed by atoms with Crippen molar-refractivity contribution in [1.29, 1.82) is 0 Å². The minimum atomic E-state index is 0.0543. The second-order valence-electron chi connectivity index (χ2n) is 2.40. The van der Waals surface area contributed by atoms with Gasteiger partial charge in [-0.3, -0.25) is 0 Å². The van der Waals surface area contributed by atoms with Crippen LogP contribution >= 0.6 is 0 Å². The summed E-state index contributed by atoms with van der Waals surface area (Å²) >= 11 is 0. The van der Waals surface area contributed by atoms with Crippen LogP contribution in [-0.4, -0.2) is 37.5 Å². The highest BCUT2D eigenvalue weighted by Crippen LogP contribution is 1.95. The van der Waals surface area contributed by atoms with Crippen LogP contribution in [0.4, 0.5) is 0 Å². The molecule has 0 aromatic heterocycles. The van der Waals surface area contributed by atoms with Crippen molar-refractivity contribution in [3.63, 3.8) is 0 Å². The maximum Gasteiger partial charge on any atom is 0.200 e. The predicted molar refractivity (Wildman–Crippen MR) is 42.2 cm³/mol. The summed E-state index contributed by atoms with van der Waals surface area (Å²) in [6, 6.07) is 0. The summed E-state index contributed by atoms with van der Waals surface area (Å²) in [5.74, 6) is 0.863. The van der Waals surface area contributed by atoms with Gasteiger partial charge in [-0.1, -0.05) is 0 Å². The molecule has 0 spiro atoms. The standard InChI is InChI=1S/C6H12N4/c1-5-7-4-8-6(9-5)10(2)3/h4-5H,1-3H3,(H,7,8,9). The van der Waals surface area contributed by atoms with Crippen LogP contribution in [0.3, 0.4) is 0 Å². The van der Waals surface area contributed by atoms with Crippen LogP contribution in [0.25, 0.3) is 0 Å². The van der Waals surface area contributed by atoms with Crippen LogP contribution in [0.1, 0.15) is 6.92 Å². The first-order valence-electron chi connectivity index (χ1n) is 3.23. The molecule has 1 rings (SSSR count). The third kappa shape index (κ3) is 1.46. The van der Waals surface area contributed by atoms with Crippen LogP contribution in [-0.2, 0) is 0 Å². The molecule has 0 aliphatic carbocycles. The number of nitrogens with zero attached hydrogens (tertiary/aromatic N) is 3. The summed E-state index contributed by atoms with van der Waals surface area (Å²) in [4.78, 5) is 10.1. The Morgan fingerprint density at radius 2 is 2.30 bits per heavy atom. The maximum absolute atomic E-state index is 4.22. The second kappa shape index (κ2) is 2.68. The molecule has 0 saturated carbocycles. The highest BCUT2D eigenvalue weighted by Gasteiger charge is 2.05. The van der Waals surface area contributed by atoms with Gasteiger partial charge in [0.05, 0.1) is 6.34 Å². The average Bonchev–Trinajstić information content (AvgIpc) is 1.88. The van der Waals surface area contributed by atoms with Gasteiger partial charge in [-0.25, -0.2) is 9.98 Å². The number of rotatable bonds is 0. The molecule has 1 atom stereocenters. The van der Waals surface area contributed by atoms with Crippen LogP contribution in [0.5, 0.6) is 0 Å². The van der Waals surface area contributed by atoms with E-state index in [1.807, 2.05) is 25.9 Å². The number of hydrogen-bond donors (Lipinski definition) is 1. The Labute approximate surface area is 60.7 Å². The zero-order chi connectivity index (χ0) is 7.56. The molecule has 10 heavy (non-hydrogen) atoms. The van der Waals surface area contributed by atoms with Gasteiger partial charge in [-0.15, -0.1) is 0 Å². The van der Waals surface area contributed by atoms with E-state index < -0.39 is 0 Å². The van der Waals surface area contributed by atoms with E-state index in [9.17, 15) is 0 Å². The lowest BCUT2D eigenvalue weighted by Crippen LogP contribution is -2.38. The lowest BCUT2D eigenvalue weighted by atomic mass is 10.6. The first-order valence-corrected chi connectivity index (χ1v) is 3.23. The molecule has 0 radical (unpaired) electrons. The fourth-order valence-electron chi connectivity index (χ4n) is 0.695. The topological polar surface area (TPSA) is 40.0 Å². The molecule has 0 fully saturated rings. The molecule has 4 nitrogen and oxygen atoms in total. The van der Waals surface area contributed by atoms with Crippen LogP contribution in [0, 0.1) is 0 Å². The molecule has 0 bridgehead atoms. The molecule has 1 aliphatic heterocycles. The summed E-state index contributed by atoms with van der Waals surface area (Å²) in [5.41, 5.74) is 0. The largest absolute Gasteiger partial charge is 0.349 e. The van der Waals surface area contributed by atoms with E-state index in [1.54, 1.807) is 6.34 Å². The summed E-state index contributed by atoms with van der Waals surface area (Å²) in [5, 5.41) is 2.93. The van der Waals surface area contributed by atoms with Crippen molar-refractivity contribution in [2.75, 3.05) is 14.1 Å². The normalized spacial score (nSPS) is 23.5. The van der Waals surface area contributed by atoms with Gasteiger partial charge in [-0.2, -0.15) is 0 Å². The predicted octanol–water partition coefficient (Wildman–Crippen LogP) is -0.119. The van der Waals surface area contributed by atoms with E-state index in [1.165, 1.54) is 0 Å². The van der Waals surface area contributed by atoms with Gasteiger partial charge in [0.1, 0.15) is 6.17 Å². The SMILES string of the molecule is CC1N=CNC(N(C)C)=N1. The van der Waals surface area contributed by atoms with Crippen LogP contribution in [0.2, 0.25) is 0 Å². The summed E-state index contributed by atoms with van der Waals surface area (Å²) in [6.45, 7) is 1.95. The van der Waals surface area contributed by atoms with Crippen molar-refractivity contribution in [2.24, 2.45) is 9.98 Å². The third-order valence-corrected chi connectivity index (χ3v) is 1.22. The Hall–Kier alpha value is -1.06. The molecule has 1 N–H and O–H groups in total. The van der Waals surface area contributed by atoms with Crippen molar-refractivity contribution in [3.05, 3.63) is 0 Å². The Morgan fingerprint density at radius 1 is 1.60 bits per heavy atom. The zero-order valence-corrected chi connectivity index (χ0v) is 6.50. The highest BCUT2D eigenvalue weighted by atomic mass is 15.3. The molecule has 4 heteroatoms. The minimum absolute atomic E-state index is 0.0543. The Balaban J connectivity index is 2.62. The summed E-state index contributed by atoms with van der Waals surface area (Å²) < 4.78 is 0. The number of nitrogens with one attached hydrogen (secondary N) is 1. The Bertz CT molecular complexity index is 171. The molecule has 0 aromatic rings. The molecule has 56 valence electrons. The van der Waals surface area contributed by atoms with E-state index in [-0.39, 0.29) is 6.17 Å². The lowest BCUT2D eigenvalue weighted by Gasteiger charge is -2.18. The van der Waals surface area contributed by atoms with Gasteiger partial charge in [0, 0.05) is 14.1 Å². The quantitative estimate of drug-likeness (QED) is 0.509. The van der Waals surface area contributed by atoms with Crippen molar-refractivity contribution >= 4 is 12.3 Å². The van der Waals surface area contributed by atoms with E-state index in [0.717, 1.165) is 5.96 Å². The fourth-order valence-corrected chi connectivity index (χ4v) is 0.695. The molecule has 0 aromatic carbocycles. The number of hydrogen-bond acceptors (Lipinski definition) is 4. The van der Waals surface area contributed by atoms with Crippen LogP contribution < -0.4 is 5.32 Å².